The lowest BCUT2D eigenvalue weighted by atomic mass is 10.2. The molecule has 0 aliphatic carbocycles. The number of hydrogen-bond donors (Lipinski definition) is 1. The van der Waals surface area contributed by atoms with Crippen molar-refractivity contribution < 1.29 is 13.2 Å². The van der Waals surface area contributed by atoms with Gasteiger partial charge < -0.3 is 4.74 Å². The lowest BCUT2D eigenvalue weighted by Gasteiger charge is -2.15. The van der Waals surface area contributed by atoms with Gasteiger partial charge in [0, 0.05) is 12.6 Å². The highest BCUT2D eigenvalue weighted by Gasteiger charge is 2.15. The van der Waals surface area contributed by atoms with Crippen LogP contribution in [0.15, 0.2) is 24.3 Å². The SMILES string of the molecule is CC(C)COCC(C)NS(=O)(=O)Cc1cccc(C#N)c1. The van der Waals surface area contributed by atoms with E-state index in [-0.39, 0.29) is 11.8 Å². The minimum atomic E-state index is -3.45. The molecular weight excluding hydrogens is 288 g/mol. The lowest BCUT2D eigenvalue weighted by molar-refractivity contribution is 0.0984. The highest BCUT2D eigenvalue weighted by molar-refractivity contribution is 7.88. The first kappa shape index (κ1) is 17.6. The standard InChI is InChI=1S/C15H22N2O3S/c1-12(2)9-20-10-13(3)17-21(18,19)11-15-6-4-5-14(7-15)8-16/h4-7,12-13,17H,9-11H2,1-3H3. The van der Waals surface area contributed by atoms with Crippen molar-refractivity contribution >= 4 is 10.0 Å². The second-order valence-corrected chi connectivity index (χ2v) is 7.28. The van der Waals surface area contributed by atoms with E-state index in [9.17, 15) is 8.42 Å². The Bertz CT molecular complexity index is 591. The van der Waals surface area contributed by atoms with Crippen LogP contribution in [-0.4, -0.2) is 27.7 Å². The summed E-state index contributed by atoms with van der Waals surface area (Å²) < 4.78 is 32.1. The zero-order valence-corrected chi connectivity index (χ0v) is 13.5. The zero-order chi connectivity index (χ0) is 15.9. The molecule has 1 aromatic rings. The van der Waals surface area contributed by atoms with Crippen LogP contribution in [0.3, 0.4) is 0 Å². The molecule has 0 radical (unpaired) electrons. The smallest absolute Gasteiger partial charge is 0.216 e. The van der Waals surface area contributed by atoms with Crippen LogP contribution in [0.25, 0.3) is 0 Å². The van der Waals surface area contributed by atoms with Gasteiger partial charge in [-0.15, -0.1) is 0 Å². The van der Waals surface area contributed by atoms with Crippen molar-refractivity contribution in [3.05, 3.63) is 35.4 Å². The summed E-state index contributed by atoms with van der Waals surface area (Å²) in [7, 11) is -3.45. The Kier molecular flexibility index (Phi) is 6.82. The number of sulfonamides is 1. The van der Waals surface area contributed by atoms with Crippen LogP contribution in [0.4, 0.5) is 0 Å². The summed E-state index contributed by atoms with van der Waals surface area (Å²) >= 11 is 0. The highest BCUT2D eigenvalue weighted by atomic mass is 32.2. The summed E-state index contributed by atoms with van der Waals surface area (Å²) in [5.41, 5.74) is 1.05. The maximum absolute atomic E-state index is 12.1. The number of nitriles is 1. The van der Waals surface area contributed by atoms with Gasteiger partial charge in [-0.2, -0.15) is 5.26 Å². The molecule has 0 aliphatic heterocycles. The summed E-state index contributed by atoms with van der Waals surface area (Å²) in [5.74, 6) is 0.277. The molecule has 0 saturated carbocycles. The van der Waals surface area contributed by atoms with E-state index < -0.39 is 10.0 Å². The van der Waals surface area contributed by atoms with E-state index in [0.29, 0.717) is 30.3 Å². The van der Waals surface area contributed by atoms with Crippen molar-refractivity contribution in [2.45, 2.75) is 32.6 Å². The summed E-state index contributed by atoms with van der Waals surface area (Å²) in [6.45, 7) is 6.80. The van der Waals surface area contributed by atoms with Crippen LogP contribution >= 0.6 is 0 Å². The number of benzene rings is 1. The molecule has 0 bridgehead atoms. The summed E-state index contributed by atoms with van der Waals surface area (Å²) in [6.07, 6.45) is 0. The number of ether oxygens (including phenoxy) is 1. The predicted molar refractivity (Wildman–Crippen MR) is 82.0 cm³/mol. The number of hydrogen-bond acceptors (Lipinski definition) is 4. The normalized spacial score (nSPS) is 13.1. The van der Waals surface area contributed by atoms with Crippen molar-refractivity contribution in [3.8, 4) is 6.07 Å². The molecule has 0 spiro atoms. The van der Waals surface area contributed by atoms with Gasteiger partial charge in [-0.1, -0.05) is 26.0 Å². The molecule has 0 fully saturated rings. The molecule has 1 rings (SSSR count). The molecular formula is C15H22N2O3S. The maximum atomic E-state index is 12.1. The molecule has 5 nitrogen and oxygen atoms in total. The van der Waals surface area contributed by atoms with Crippen molar-refractivity contribution in [3.63, 3.8) is 0 Å². The van der Waals surface area contributed by atoms with Gasteiger partial charge in [0.1, 0.15) is 0 Å². The summed E-state index contributed by atoms with van der Waals surface area (Å²) in [5, 5.41) is 8.82. The molecule has 21 heavy (non-hydrogen) atoms. The van der Waals surface area contributed by atoms with Crippen LogP contribution in [0.1, 0.15) is 31.9 Å². The maximum Gasteiger partial charge on any atom is 0.216 e. The van der Waals surface area contributed by atoms with Gasteiger partial charge in [-0.05, 0) is 30.5 Å². The Labute approximate surface area is 127 Å². The first-order chi connectivity index (χ1) is 9.82. The minimum Gasteiger partial charge on any atom is -0.380 e. The molecule has 6 heteroatoms. The molecule has 0 aliphatic rings. The Morgan fingerprint density at radius 3 is 2.62 bits per heavy atom. The van der Waals surface area contributed by atoms with Gasteiger partial charge in [0.05, 0.1) is 24.0 Å². The van der Waals surface area contributed by atoms with Crippen molar-refractivity contribution in [1.82, 2.24) is 4.72 Å². The third-order valence-corrected chi connectivity index (χ3v) is 4.09. The highest BCUT2D eigenvalue weighted by Crippen LogP contribution is 2.08. The average molecular weight is 310 g/mol. The Balaban J connectivity index is 2.55. The monoisotopic (exact) mass is 310 g/mol. The third kappa shape index (κ3) is 7.23. The molecule has 0 aromatic heterocycles. The number of nitrogens with one attached hydrogen (secondary N) is 1. The topological polar surface area (TPSA) is 79.2 Å². The molecule has 1 aromatic carbocycles. The molecule has 1 atom stereocenters. The summed E-state index contributed by atoms with van der Waals surface area (Å²) in [6, 6.07) is 8.31. The first-order valence-corrected chi connectivity index (χ1v) is 8.54. The van der Waals surface area contributed by atoms with Gasteiger partial charge >= 0.3 is 0 Å². The molecule has 0 heterocycles. The Morgan fingerprint density at radius 2 is 2.00 bits per heavy atom. The Hall–Kier alpha value is -1.42. The lowest BCUT2D eigenvalue weighted by Crippen LogP contribution is -2.36. The van der Waals surface area contributed by atoms with Crippen molar-refractivity contribution in [2.75, 3.05) is 13.2 Å². The third-order valence-electron chi connectivity index (χ3n) is 2.61. The van der Waals surface area contributed by atoms with Crippen molar-refractivity contribution in [1.29, 1.82) is 5.26 Å². The molecule has 116 valence electrons. The van der Waals surface area contributed by atoms with Crippen LogP contribution < -0.4 is 4.72 Å². The van der Waals surface area contributed by atoms with Gasteiger partial charge in [0.2, 0.25) is 10.0 Å². The van der Waals surface area contributed by atoms with E-state index in [4.69, 9.17) is 10.00 Å². The largest absolute Gasteiger partial charge is 0.380 e. The summed E-state index contributed by atoms with van der Waals surface area (Å²) in [4.78, 5) is 0. The van der Waals surface area contributed by atoms with Gasteiger partial charge in [-0.25, -0.2) is 13.1 Å². The van der Waals surface area contributed by atoms with Gasteiger partial charge in [0.15, 0.2) is 0 Å². The van der Waals surface area contributed by atoms with E-state index >= 15 is 0 Å². The van der Waals surface area contributed by atoms with Crippen LogP contribution in [-0.2, 0) is 20.5 Å². The fraction of sp³-hybridized carbons (Fsp3) is 0.533. The number of nitrogens with zero attached hydrogens (tertiary/aromatic N) is 1. The fourth-order valence-corrected chi connectivity index (χ4v) is 3.20. The van der Waals surface area contributed by atoms with E-state index in [2.05, 4.69) is 4.72 Å². The molecule has 1 unspecified atom stereocenters. The van der Waals surface area contributed by atoms with E-state index in [0.717, 1.165) is 0 Å². The minimum absolute atomic E-state index is 0.142. The van der Waals surface area contributed by atoms with Crippen LogP contribution in [0.5, 0.6) is 0 Å². The second-order valence-electron chi connectivity index (χ2n) is 5.52. The van der Waals surface area contributed by atoms with E-state index in [1.807, 2.05) is 19.9 Å². The zero-order valence-electron chi connectivity index (χ0n) is 12.7. The van der Waals surface area contributed by atoms with Gasteiger partial charge in [0.25, 0.3) is 0 Å². The molecule has 0 amide bonds. The second kappa shape index (κ2) is 8.13. The van der Waals surface area contributed by atoms with Crippen LogP contribution in [0, 0.1) is 17.2 Å². The quantitative estimate of drug-likeness (QED) is 0.797. The fourth-order valence-electron chi connectivity index (χ4n) is 1.81. The molecule has 0 saturated heterocycles. The van der Waals surface area contributed by atoms with E-state index in [1.54, 1.807) is 31.2 Å². The van der Waals surface area contributed by atoms with Crippen molar-refractivity contribution in [2.24, 2.45) is 5.92 Å². The Morgan fingerprint density at radius 1 is 1.29 bits per heavy atom. The average Bonchev–Trinajstić information content (AvgIpc) is 2.37. The first-order valence-electron chi connectivity index (χ1n) is 6.89. The van der Waals surface area contributed by atoms with Crippen LogP contribution in [0.2, 0.25) is 0 Å². The van der Waals surface area contributed by atoms with Gasteiger partial charge in [-0.3, -0.25) is 0 Å². The van der Waals surface area contributed by atoms with E-state index in [1.165, 1.54) is 0 Å². The number of rotatable bonds is 8. The predicted octanol–water partition coefficient (Wildman–Crippen LogP) is 2.04. The molecule has 1 N–H and O–H groups in total.